The fourth-order valence-corrected chi connectivity index (χ4v) is 1.58. The molecule has 1 atom stereocenters. The summed E-state index contributed by atoms with van der Waals surface area (Å²) in [6.45, 7) is 5.91. The highest BCUT2D eigenvalue weighted by atomic mass is 16.4. The van der Waals surface area contributed by atoms with Crippen molar-refractivity contribution in [1.29, 1.82) is 0 Å². The lowest BCUT2D eigenvalue weighted by molar-refractivity contribution is -0.141. The van der Waals surface area contributed by atoms with Crippen molar-refractivity contribution in [2.75, 3.05) is 6.54 Å². The molecule has 1 unspecified atom stereocenters. The molecule has 6 heteroatoms. The quantitative estimate of drug-likeness (QED) is 0.782. The minimum atomic E-state index is -0.845. The van der Waals surface area contributed by atoms with Gasteiger partial charge >= 0.3 is 5.97 Å². The van der Waals surface area contributed by atoms with E-state index in [1.807, 2.05) is 19.9 Å². The summed E-state index contributed by atoms with van der Waals surface area (Å²) in [5.74, 6) is -1.44. The number of carboxylic acid groups (broad SMARTS) is 1. The van der Waals surface area contributed by atoms with E-state index in [2.05, 4.69) is 10.4 Å². The highest BCUT2D eigenvalue weighted by Crippen LogP contribution is 2.02. The van der Waals surface area contributed by atoms with Crippen LogP contribution in [0.5, 0.6) is 0 Å². The van der Waals surface area contributed by atoms with Crippen LogP contribution in [-0.4, -0.2) is 33.3 Å². The van der Waals surface area contributed by atoms with Crippen molar-refractivity contribution in [3.63, 3.8) is 0 Å². The van der Waals surface area contributed by atoms with Gasteiger partial charge in [-0.05, 0) is 26.3 Å². The lowest BCUT2D eigenvalue weighted by Gasteiger charge is -2.08. The SMILES string of the molecule is Cc1cc(C)n(CC(=O)NCCC(C)C(=O)O)n1. The summed E-state index contributed by atoms with van der Waals surface area (Å²) in [5, 5.41) is 15.6. The van der Waals surface area contributed by atoms with Crippen LogP contribution >= 0.6 is 0 Å². The van der Waals surface area contributed by atoms with Gasteiger partial charge in [0.1, 0.15) is 6.54 Å². The second-order valence-corrected chi connectivity index (χ2v) is 4.46. The lowest BCUT2D eigenvalue weighted by atomic mass is 10.1. The lowest BCUT2D eigenvalue weighted by Crippen LogP contribution is -2.30. The van der Waals surface area contributed by atoms with Gasteiger partial charge in [0.2, 0.25) is 5.91 Å². The number of rotatable bonds is 6. The summed E-state index contributed by atoms with van der Waals surface area (Å²) in [6, 6.07) is 1.90. The first-order valence-electron chi connectivity index (χ1n) is 5.90. The average Bonchev–Trinajstić information content (AvgIpc) is 2.57. The number of amides is 1. The van der Waals surface area contributed by atoms with Crippen LogP contribution in [0.25, 0.3) is 0 Å². The highest BCUT2D eigenvalue weighted by molar-refractivity contribution is 5.75. The Labute approximate surface area is 106 Å². The Morgan fingerprint density at radius 3 is 2.67 bits per heavy atom. The van der Waals surface area contributed by atoms with Gasteiger partial charge in [-0.15, -0.1) is 0 Å². The Bertz CT molecular complexity index is 440. The van der Waals surface area contributed by atoms with E-state index >= 15 is 0 Å². The molecule has 1 heterocycles. The molecular weight excluding hydrogens is 234 g/mol. The molecule has 1 aromatic rings. The van der Waals surface area contributed by atoms with Crippen molar-refractivity contribution in [3.8, 4) is 0 Å². The summed E-state index contributed by atoms with van der Waals surface area (Å²) >= 11 is 0. The fourth-order valence-electron chi connectivity index (χ4n) is 1.58. The minimum absolute atomic E-state index is 0.154. The van der Waals surface area contributed by atoms with E-state index in [1.54, 1.807) is 11.6 Å². The molecule has 100 valence electrons. The average molecular weight is 253 g/mol. The van der Waals surface area contributed by atoms with Crippen LogP contribution in [0.2, 0.25) is 0 Å². The maximum atomic E-state index is 11.6. The molecule has 0 saturated carbocycles. The van der Waals surface area contributed by atoms with E-state index in [0.717, 1.165) is 11.4 Å². The molecule has 0 spiro atoms. The second kappa shape index (κ2) is 6.18. The highest BCUT2D eigenvalue weighted by Gasteiger charge is 2.11. The Morgan fingerprint density at radius 1 is 1.50 bits per heavy atom. The Kier molecular flexibility index (Phi) is 4.88. The smallest absolute Gasteiger partial charge is 0.306 e. The first kappa shape index (κ1) is 14.2. The molecular formula is C12H19N3O3. The molecule has 0 radical (unpaired) electrons. The number of carboxylic acids is 1. The molecule has 0 aliphatic rings. The molecule has 0 bridgehead atoms. The summed E-state index contributed by atoms with van der Waals surface area (Å²) < 4.78 is 1.63. The first-order valence-corrected chi connectivity index (χ1v) is 5.90. The molecule has 0 aliphatic carbocycles. The van der Waals surface area contributed by atoms with Gasteiger partial charge in [-0.2, -0.15) is 5.10 Å². The third-order valence-corrected chi connectivity index (χ3v) is 2.72. The topological polar surface area (TPSA) is 84.2 Å². The van der Waals surface area contributed by atoms with Crippen LogP contribution in [0.4, 0.5) is 0 Å². The summed E-state index contributed by atoms with van der Waals surface area (Å²) in [7, 11) is 0. The molecule has 1 rings (SSSR count). The van der Waals surface area contributed by atoms with E-state index in [4.69, 9.17) is 5.11 Å². The third-order valence-electron chi connectivity index (χ3n) is 2.72. The predicted octanol–water partition coefficient (Wildman–Crippen LogP) is 0.727. The zero-order valence-corrected chi connectivity index (χ0v) is 10.9. The van der Waals surface area contributed by atoms with Gasteiger partial charge in [0.05, 0.1) is 11.6 Å². The molecule has 6 nitrogen and oxygen atoms in total. The van der Waals surface area contributed by atoms with Crippen molar-refractivity contribution < 1.29 is 14.7 Å². The van der Waals surface area contributed by atoms with Gasteiger partial charge in [-0.1, -0.05) is 6.92 Å². The monoisotopic (exact) mass is 253 g/mol. The van der Waals surface area contributed by atoms with Crippen molar-refractivity contribution >= 4 is 11.9 Å². The normalized spacial score (nSPS) is 12.2. The number of aryl methyl sites for hydroxylation is 2. The van der Waals surface area contributed by atoms with Gasteiger partial charge < -0.3 is 10.4 Å². The third kappa shape index (κ3) is 4.20. The van der Waals surface area contributed by atoms with E-state index in [-0.39, 0.29) is 12.5 Å². The number of aliphatic carboxylic acids is 1. The van der Waals surface area contributed by atoms with Gasteiger partial charge in [0.15, 0.2) is 0 Å². The van der Waals surface area contributed by atoms with Crippen LogP contribution in [0.3, 0.4) is 0 Å². The number of hydrogen-bond donors (Lipinski definition) is 2. The van der Waals surface area contributed by atoms with Crippen LogP contribution in [0, 0.1) is 19.8 Å². The molecule has 0 saturated heterocycles. The number of aromatic nitrogens is 2. The fraction of sp³-hybridized carbons (Fsp3) is 0.583. The minimum Gasteiger partial charge on any atom is -0.481 e. The van der Waals surface area contributed by atoms with Gasteiger partial charge in [-0.3, -0.25) is 14.3 Å². The van der Waals surface area contributed by atoms with Crippen molar-refractivity contribution in [2.24, 2.45) is 5.92 Å². The molecule has 0 fully saturated rings. The molecule has 0 aromatic carbocycles. The number of hydrogen-bond acceptors (Lipinski definition) is 3. The Balaban J connectivity index is 2.34. The van der Waals surface area contributed by atoms with E-state index < -0.39 is 11.9 Å². The first-order chi connectivity index (χ1) is 8.40. The molecule has 1 amide bonds. The van der Waals surface area contributed by atoms with E-state index in [1.165, 1.54) is 0 Å². The standard InChI is InChI=1S/C12H19N3O3/c1-8(12(17)18)4-5-13-11(16)7-15-10(3)6-9(2)14-15/h6,8H,4-5,7H2,1-3H3,(H,13,16)(H,17,18). The van der Waals surface area contributed by atoms with Gasteiger partial charge in [0.25, 0.3) is 0 Å². The Hall–Kier alpha value is -1.85. The zero-order valence-electron chi connectivity index (χ0n) is 10.9. The number of nitrogens with zero attached hydrogens (tertiary/aromatic N) is 2. The van der Waals surface area contributed by atoms with Crippen LogP contribution in [0.1, 0.15) is 24.7 Å². The molecule has 1 aromatic heterocycles. The van der Waals surface area contributed by atoms with Crippen molar-refractivity contribution in [1.82, 2.24) is 15.1 Å². The maximum Gasteiger partial charge on any atom is 0.306 e. The number of carbonyl (C=O) groups is 2. The second-order valence-electron chi connectivity index (χ2n) is 4.46. The maximum absolute atomic E-state index is 11.6. The van der Waals surface area contributed by atoms with Crippen molar-refractivity contribution in [3.05, 3.63) is 17.5 Å². The zero-order chi connectivity index (χ0) is 13.7. The van der Waals surface area contributed by atoms with Crippen LogP contribution < -0.4 is 5.32 Å². The summed E-state index contributed by atoms with van der Waals surface area (Å²) in [4.78, 5) is 22.2. The molecule has 18 heavy (non-hydrogen) atoms. The summed E-state index contributed by atoms with van der Waals surface area (Å²) in [6.07, 6.45) is 0.429. The van der Waals surface area contributed by atoms with Crippen molar-refractivity contribution in [2.45, 2.75) is 33.7 Å². The van der Waals surface area contributed by atoms with E-state index in [0.29, 0.717) is 13.0 Å². The predicted molar refractivity (Wildman–Crippen MR) is 66.1 cm³/mol. The van der Waals surface area contributed by atoms with E-state index in [9.17, 15) is 9.59 Å². The van der Waals surface area contributed by atoms with Gasteiger partial charge in [0, 0.05) is 12.2 Å². The summed E-state index contributed by atoms with van der Waals surface area (Å²) in [5.41, 5.74) is 1.81. The Morgan fingerprint density at radius 2 is 2.17 bits per heavy atom. The molecule has 2 N–H and O–H groups in total. The van der Waals surface area contributed by atoms with Gasteiger partial charge in [-0.25, -0.2) is 0 Å². The molecule has 0 aliphatic heterocycles. The largest absolute Gasteiger partial charge is 0.481 e. The number of nitrogens with one attached hydrogen (secondary N) is 1. The number of carbonyl (C=O) groups excluding carboxylic acids is 1. The van der Waals surface area contributed by atoms with Crippen LogP contribution in [0.15, 0.2) is 6.07 Å². The van der Waals surface area contributed by atoms with Crippen LogP contribution in [-0.2, 0) is 16.1 Å².